The summed E-state index contributed by atoms with van der Waals surface area (Å²) in [7, 11) is 1.68. The molecule has 0 radical (unpaired) electrons. The van der Waals surface area contributed by atoms with Gasteiger partial charge in [0, 0.05) is 16.5 Å². The summed E-state index contributed by atoms with van der Waals surface area (Å²) in [4.78, 5) is 0.842. The first-order chi connectivity index (χ1) is 10.2. The largest absolute Gasteiger partial charge is 0.497 e. The molecule has 1 atom stereocenters. The Bertz CT molecular complexity index is 690. The molecule has 1 aliphatic heterocycles. The maximum absolute atomic E-state index is 6.18. The Morgan fingerprint density at radius 3 is 2.95 bits per heavy atom. The van der Waals surface area contributed by atoms with Gasteiger partial charge < -0.3 is 10.1 Å². The number of hydrogen-bond acceptors (Lipinski definition) is 3. The second-order valence-electron chi connectivity index (χ2n) is 4.75. The molecule has 1 aliphatic rings. The average molecular weight is 336 g/mol. The number of rotatable bonds is 2. The van der Waals surface area contributed by atoms with E-state index in [1.54, 1.807) is 18.9 Å². The lowest BCUT2D eigenvalue weighted by Gasteiger charge is -2.18. The summed E-state index contributed by atoms with van der Waals surface area (Å²) in [6, 6.07) is 14.0. The molecule has 1 N–H and O–H groups in total. The van der Waals surface area contributed by atoms with Crippen molar-refractivity contribution in [2.45, 2.75) is 5.25 Å². The Hall–Kier alpha value is -1.23. The minimum absolute atomic E-state index is 0.182. The Morgan fingerprint density at radius 2 is 2.14 bits per heavy atom. The Kier molecular flexibility index (Phi) is 4.38. The minimum atomic E-state index is 0.182. The molecule has 2 aromatic rings. The van der Waals surface area contributed by atoms with Crippen molar-refractivity contribution >= 4 is 46.3 Å². The number of ether oxygens (including phenoxy) is 1. The summed E-state index contributed by atoms with van der Waals surface area (Å²) >= 11 is 13.3. The number of methoxy groups -OCH3 is 1. The van der Waals surface area contributed by atoms with Gasteiger partial charge in [0.15, 0.2) is 0 Å². The zero-order valence-corrected chi connectivity index (χ0v) is 13.8. The molecule has 108 valence electrons. The first-order valence-corrected chi connectivity index (χ1v) is 8.36. The third-order valence-corrected chi connectivity index (χ3v) is 5.33. The van der Waals surface area contributed by atoms with Crippen LogP contribution in [0.4, 0.5) is 5.69 Å². The van der Waals surface area contributed by atoms with Gasteiger partial charge in [-0.2, -0.15) is 0 Å². The highest BCUT2D eigenvalue weighted by atomic mass is 35.5. The Labute approximate surface area is 138 Å². The fraction of sp³-hybridized carbons (Fsp3) is 0.188. The predicted molar refractivity (Wildman–Crippen MR) is 95.0 cm³/mol. The molecule has 0 amide bonds. The molecule has 5 heteroatoms. The van der Waals surface area contributed by atoms with Crippen LogP contribution in [-0.4, -0.2) is 17.9 Å². The highest BCUT2D eigenvalue weighted by molar-refractivity contribution is 8.01. The van der Waals surface area contributed by atoms with Crippen molar-refractivity contribution in [2.24, 2.45) is 0 Å². The van der Waals surface area contributed by atoms with Gasteiger partial charge in [-0.05, 0) is 41.5 Å². The molecule has 0 aliphatic carbocycles. The number of benzene rings is 2. The van der Waals surface area contributed by atoms with Crippen LogP contribution < -0.4 is 10.1 Å². The molecule has 2 aromatic carbocycles. The maximum atomic E-state index is 6.18. The summed E-state index contributed by atoms with van der Waals surface area (Å²) in [5, 5.41) is 4.21. The summed E-state index contributed by atoms with van der Waals surface area (Å²) in [6.07, 6.45) is 0. The molecule has 0 spiro atoms. The van der Waals surface area contributed by atoms with Gasteiger partial charge >= 0.3 is 0 Å². The number of thioether (sulfide) groups is 1. The van der Waals surface area contributed by atoms with Gasteiger partial charge in [-0.3, -0.25) is 0 Å². The molecule has 3 rings (SSSR count). The lowest BCUT2D eigenvalue weighted by molar-refractivity contribution is 0.414. The molecular weight excluding hydrogens is 322 g/mol. The van der Waals surface area contributed by atoms with Crippen molar-refractivity contribution in [3.8, 4) is 5.75 Å². The first-order valence-electron chi connectivity index (χ1n) is 6.52. The van der Waals surface area contributed by atoms with Crippen molar-refractivity contribution in [2.75, 3.05) is 18.2 Å². The number of nitrogens with one attached hydrogen (secondary N) is 1. The molecular formula is C16H14ClNOS2. The van der Waals surface area contributed by atoms with Gasteiger partial charge in [0.2, 0.25) is 0 Å². The Balaban J connectivity index is 2.09. The van der Waals surface area contributed by atoms with E-state index in [-0.39, 0.29) is 5.25 Å². The minimum Gasteiger partial charge on any atom is -0.497 e. The van der Waals surface area contributed by atoms with Crippen molar-refractivity contribution in [3.05, 3.63) is 58.6 Å². The maximum Gasteiger partial charge on any atom is 0.119 e. The van der Waals surface area contributed by atoms with E-state index < -0.39 is 0 Å². The molecule has 21 heavy (non-hydrogen) atoms. The standard InChI is InChI=1S/C16H14ClNOS2/c1-19-12-4-2-3-10(7-12)16-13-8-11(17)5-6-14(13)18-15(20)9-21-16/h2-8,16H,9H2,1H3,(H,18,20)/t16-/m1/s1. The van der Waals surface area contributed by atoms with E-state index in [2.05, 4.69) is 17.4 Å². The van der Waals surface area contributed by atoms with Crippen LogP contribution in [0, 0.1) is 0 Å². The lowest BCUT2D eigenvalue weighted by Crippen LogP contribution is -2.09. The van der Waals surface area contributed by atoms with Crippen LogP contribution >= 0.6 is 35.6 Å². The van der Waals surface area contributed by atoms with E-state index in [0.29, 0.717) is 0 Å². The first kappa shape index (κ1) is 14.7. The fourth-order valence-corrected chi connectivity index (χ4v) is 3.98. The van der Waals surface area contributed by atoms with Gasteiger partial charge in [0.25, 0.3) is 0 Å². The van der Waals surface area contributed by atoms with Crippen LogP contribution in [0.15, 0.2) is 42.5 Å². The number of fused-ring (bicyclic) bond motifs is 1. The molecule has 1 heterocycles. The number of hydrogen-bond donors (Lipinski definition) is 1. The van der Waals surface area contributed by atoms with E-state index in [1.165, 1.54) is 5.56 Å². The van der Waals surface area contributed by atoms with Gasteiger partial charge in [0.1, 0.15) is 5.75 Å². The smallest absolute Gasteiger partial charge is 0.119 e. The van der Waals surface area contributed by atoms with E-state index in [1.807, 2.05) is 30.3 Å². The summed E-state index contributed by atoms with van der Waals surface area (Å²) in [6.45, 7) is 0. The zero-order chi connectivity index (χ0) is 14.8. The lowest BCUT2D eigenvalue weighted by atomic mass is 10.0. The topological polar surface area (TPSA) is 21.3 Å². The molecule has 0 aromatic heterocycles. The zero-order valence-electron chi connectivity index (χ0n) is 11.4. The van der Waals surface area contributed by atoms with Gasteiger partial charge in [0.05, 0.1) is 17.3 Å². The van der Waals surface area contributed by atoms with Crippen molar-refractivity contribution < 1.29 is 4.74 Å². The summed E-state index contributed by atoms with van der Waals surface area (Å²) in [5.74, 6) is 1.64. The van der Waals surface area contributed by atoms with Crippen molar-refractivity contribution in [3.63, 3.8) is 0 Å². The highest BCUT2D eigenvalue weighted by Gasteiger charge is 2.23. The van der Waals surface area contributed by atoms with Crippen molar-refractivity contribution in [1.29, 1.82) is 0 Å². The number of anilines is 1. The van der Waals surface area contributed by atoms with Crippen LogP contribution in [0.3, 0.4) is 0 Å². The summed E-state index contributed by atoms with van der Waals surface area (Å²) in [5.41, 5.74) is 3.37. The fourth-order valence-electron chi connectivity index (χ4n) is 2.38. The van der Waals surface area contributed by atoms with Crippen LogP contribution in [0.25, 0.3) is 0 Å². The molecule has 0 saturated heterocycles. The molecule has 0 unspecified atom stereocenters. The van der Waals surface area contributed by atoms with E-state index in [4.69, 9.17) is 28.6 Å². The third kappa shape index (κ3) is 3.18. The van der Waals surface area contributed by atoms with E-state index >= 15 is 0 Å². The normalized spacial score (nSPS) is 17.6. The number of thiocarbonyl (C=S) groups is 1. The van der Waals surface area contributed by atoms with Crippen LogP contribution in [0.2, 0.25) is 5.02 Å². The van der Waals surface area contributed by atoms with Gasteiger partial charge in [-0.1, -0.05) is 36.0 Å². The van der Waals surface area contributed by atoms with Gasteiger partial charge in [-0.25, -0.2) is 0 Å². The quantitative estimate of drug-likeness (QED) is 0.786. The van der Waals surface area contributed by atoms with Crippen LogP contribution in [0.5, 0.6) is 5.75 Å². The van der Waals surface area contributed by atoms with E-state index in [9.17, 15) is 0 Å². The van der Waals surface area contributed by atoms with Gasteiger partial charge in [-0.15, -0.1) is 11.8 Å². The van der Waals surface area contributed by atoms with Crippen LogP contribution in [0.1, 0.15) is 16.4 Å². The third-order valence-electron chi connectivity index (χ3n) is 3.35. The highest BCUT2D eigenvalue weighted by Crippen LogP contribution is 2.43. The van der Waals surface area contributed by atoms with E-state index in [0.717, 1.165) is 32.8 Å². The van der Waals surface area contributed by atoms with Crippen molar-refractivity contribution in [1.82, 2.24) is 0 Å². The second kappa shape index (κ2) is 6.26. The number of halogens is 1. The summed E-state index contributed by atoms with van der Waals surface area (Å²) < 4.78 is 5.33. The molecule has 0 saturated carbocycles. The van der Waals surface area contributed by atoms with Crippen LogP contribution in [-0.2, 0) is 0 Å². The monoisotopic (exact) mass is 335 g/mol. The predicted octanol–water partition coefficient (Wildman–Crippen LogP) is 4.92. The SMILES string of the molecule is COc1cccc([C@H]2SCC(=S)Nc3ccc(Cl)cc32)c1. The molecule has 0 fully saturated rings. The second-order valence-corrected chi connectivity index (χ2v) is 6.77. The average Bonchev–Trinajstić information content (AvgIpc) is 2.65. The molecule has 0 bridgehead atoms. The Morgan fingerprint density at radius 1 is 1.29 bits per heavy atom. The molecule has 2 nitrogen and oxygen atoms in total.